The smallest absolute Gasteiger partial charge is 0.256 e. The van der Waals surface area contributed by atoms with Crippen LogP contribution in [-0.2, 0) is 0 Å². The van der Waals surface area contributed by atoms with Crippen molar-refractivity contribution in [2.45, 2.75) is 6.92 Å². The second kappa shape index (κ2) is 5.96. The molecule has 0 aromatic heterocycles. The first-order valence-corrected chi connectivity index (χ1v) is 6.81. The molecule has 2 rings (SSSR count). The molecule has 0 spiro atoms. The van der Waals surface area contributed by atoms with Crippen LogP contribution in [-0.4, -0.2) is 13.0 Å². The number of rotatable bonds is 3. The van der Waals surface area contributed by atoms with Gasteiger partial charge in [-0.25, -0.2) is 0 Å². The predicted molar refractivity (Wildman–Crippen MR) is 84.2 cm³/mol. The average Bonchev–Trinajstić information content (AvgIpc) is 2.43. The first-order valence-electron chi connectivity index (χ1n) is 6.02. The third-order valence-corrected chi connectivity index (χ3v) is 3.46. The summed E-state index contributed by atoms with van der Waals surface area (Å²) in [6.45, 7) is 1.82. The zero-order valence-corrected chi connectivity index (χ0v) is 12.8. The number of halogens is 1. The Bertz CT molecular complexity index is 639. The van der Waals surface area contributed by atoms with Gasteiger partial charge in [0.15, 0.2) is 0 Å². The fraction of sp³-hybridized carbons (Fsp3) is 0.133. The third-order valence-electron chi connectivity index (χ3n) is 3.01. The fourth-order valence-electron chi connectivity index (χ4n) is 1.81. The van der Waals surface area contributed by atoms with E-state index in [1.54, 1.807) is 43.5 Å². The second-order valence-electron chi connectivity index (χ2n) is 4.35. The Balaban J connectivity index is 2.23. The molecule has 3 N–H and O–H groups in total. The fourth-order valence-corrected chi connectivity index (χ4v) is 2.28. The molecule has 2 aromatic rings. The molecule has 20 heavy (non-hydrogen) atoms. The molecule has 0 atom stereocenters. The van der Waals surface area contributed by atoms with Crippen LogP contribution in [0.4, 0.5) is 11.4 Å². The van der Waals surface area contributed by atoms with Crippen LogP contribution in [0.15, 0.2) is 40.9 Å². The van der Waals surface area contributed by atoms with Crippen molar-refractivity contribution in [1.82, 2.24) is 0 Å². The summed E-state index contributed by atoms with van der Waals surface area (Å²) >= 11 is 3.34. The Kier molecular flexibility index (Phi) is 4.29. The minimum absolute atomic E-state index is 0.194. The van der Waals surface area contributed by atoms with Gasteiger partial charge < -0.3 is 15.8 Å². The largest absolute Gasteiger partial charge is 0.497 e. The van der Waals surface area contributed by atoms with Gasteiger partial charge in [-0.1, -0.05) is 15.9 Å². The highest BCUT2D eigenvalue weighted by Crippen LogP contribution is 2.24. The number of carbonyl (C=O) groups excluding carboxylic acids is 1. The van der Waals surface area contributed by atoms with Gasteiger partial charge in [0.2, 0.25) is 0 Å². The quantitative estimate of drug-likeness (QED) is 0.843. The minimum Gasteiger partial charge on any atom is -0.497 e. The standard InChI is InChI=1S/C15H15BrN2O2/c1-9-13(7-10(16)8-14(9)17)15(19)18-11-3-5-12(20-2)6-4-11/h3-8H,17H2,1-2H3,(H,18,19). The van der Waals surface area contributed by atoms with Gasteiger partial charge in [-0.05, 0) is 48.9 Å². The van der Waals surface area contributed by atoms with E-state index < -0.39 is 0 Å². The van der Waals surface area contributed by atoms with Crippen LogP contribution in [0.2, 0.25) is 0 Å². The zero-order chi connectivity index (χ0) is 14.7. The van der Waals surface area contributed by atoms with E-state index in [-0.39, 0.29) is 5.91 Å². The highest BCUT2D eigenvalue weighted by Gasteiger charge is 2.12. The highest BCUT2D eigenvalue weighted by atomic mass is 79.9. The van der Waals surface area contributed by atoms with Crippen LogP contribution in [0.1, 0.15) is 15.9 Å². The van der Waals surface area contributed by atoms with Gasteiger partial charge in [-0.15, -0.1) is 0 Å². The predicted octanol–water partition coefficient (Wildman–Crippen LogP) is 3.60. The number of hydrogen-bond acceptors (Lipinski definition) is 3. The molecule has 0 aliphatic heterocycles. The number of ether oxygens (including phenoxy) is 1. The molecule has 5 heteroatoms. The number of methoxy groups -OCH3 is 1. The van der Waals surface area contributed by atoms with E-state index in [0.29, 0.717) is 16.9 Å². The van der Waals surface area contributed by atoms with Crippen molar-refractivity contribution in [3.63, 3.8) is 0 Å². The summed E-state index contributed by atoms with van der Waals surface area (Å²) in [5.74, 6) is 0.548. The van der Waals surface area contributed by atoms with Crippen molar-refractivity contribution in [3.05, 3.63) is 52.0 Å². The Hall–Kier alpha value is -2.01. The van der Waals surface area contributed by atoms with Crippen LogP contribution >= 0.6 is 15.9 Å². The van der Waals surface area contributed by atoms with Crippen LogP contribution in [0.5, 0.6) is 5.75 Å². The van der Waals surface area contributed by atoms with Gasteiger partial charge in [-0.3, -0.25) is 4.79 Å². The van der Waals surface area contributed by atoms with E-state index in [4.69, 9.17) is 10.5 Å². The monoisotopic (exact) mass is 334 g/mol. The third kappa shape index (κ3) is 3.11. The molecule has 2 aromatic carbocycles. The van der Waals surface area contributed by atoms with E-state index in [9.17, 15) is 4.79 Å². The number of carbonyl (C=O) groups is 1. The number of nitrogens with two attached hydrogens (primary N) is 1. The molecule has 0 saturated carbocycles. The molecule has 4 nitrogen and oxygen atoms in total. The molecule has 0 bridgehead atoms. The summed E-state index contributed by atoms with van der Waals surface area (Å²) in [5.41, 5.74) is 8.46. The van der Waals surface area contributed by atoms with Crippen LogP contribution < -0.4 is 15.8 Å². The van der Waals surface area contributed by atoms with E-state index in [2.05, 4.69) is 21.2 Å². The molecular formula is C15H15BrN2O2. The van der Waals surface area contributed by atoms with Gasteiger partial charge >= 0.3 is 0 Å². The van der Waals surface area contributed by atoms with Crippen LogP contribution in [0.25, 0.3) is 0 Å². The lowest BCUT2D eigenvalue weighted by Gasteiger charge is -2.10. The lowest BCUT2D eigenvalue weighted by molar-refractivity contribution is 0.102. The van der Waals surface area contributed by atoms with Gasteiger partial charge in [0.1, 0.15) is 5.75 Å². The van der Waals surface area contributed by atoms with Gasteiger partial charge in [0.25, 0.3) is 5.91 Å². The second-order valence-corrected chi connectivity index (χ2v) is 5.27. The lowest BCUT2D eigenvalue weighted by atomic mass is 10.1. The van der Waals surface area contributed by atoms with E-state index in [1.807, 2.05) is 6.92 Å². The normalized spacial score (nSPS) is 10.2. The van der Waals surface area contributed by atoms with Gasteiger partial charge in [0.05, 0.1) is 7.11 Å². The number of nitrogen functional groups attached to an aromatic ring is 1. The number of hydrogen-bond donors (Lipinski definition) is 2. The SMILES string of the molecule is COc1ccc(NC(=O)c2cc(Br)cc(N)c2C)cc1. The molecule has 0 aliphatic rings. The molecule has 0 aliphatic carbocycles. The summed E-state index contributed by atoms with van der Waals surface area (Å²) in [4.78, 5) is 12.3. The minimum atomic E-state index is -0.194. The molecule has 0 unspecified atom stereocenters. The van der Waals surface area contributed by atoms with Crippen molar-refractivity contribution in [2.75, 3.05) is 18.2 Å². The number of benzene rings is 2. The van der Waals surface area contributed by atoms with Crippen LogP contribution in [0.3, 0.4) is 0 Å². The number of nitrogens with one attached hydrogen (secondary N) is 1. The molecule has 0 saturated heterocycles. The van der Waals surface area contributed by atoms with Crippen molar-refractivity contribution in [1.29, 1.82) is 0 Å². The van der Waals surface area contributed by atoms with Crippen molar-refractivity contribution in [2.24, 2.45) is 0 Å². The zero-order valence-electron chi connectivity index (χ0n) is 11.2. The molecule has 0 fully saturated rings. The Morgan fingerprint density at radius 2 is 1.90 bits per heavy atom. The maximum absolute atomic E-state index is 12.3. The first kappa shape index (κ1) is 14.4. The summed E-state index contributed by atoms with van der Waals surface area (Å²) < 4.78 is 5.85. The summed E-state index contributed by atoms with van der Waals surface area (Å²) in [7, 11) is 1.60. The number of anilines is 2. The topological polar surface area (TPSA) is 64.3 Å². The summed E-state index contributed by atoms with van der Waals surface area (Å²) in [5, 5.41) is 2.83. The van der Waals surface area contributed by atoms with Crippen LogP contribution in [0, 0.1) is 6.92 Å². The van der Waals surface area contributed by atoms with Gasteiger partial charge in [0, 0.05) is 21.4 Å². The van der Waals surface area contributed by atoms with Crippen molar-refractivity contribution < 1.29 is 9.53 Å². The molecule has 104 valence electrons. The molecule has 0 radical (unpaired) electrons. The van der Waals surface area contributed by atoms with E-state index >= 15 is 0 Å². The Morgan fingerprint density at radius 1 is 1.25 bits per heavy atom. The number of amides is 1. The van der Waals surface area contributed by atoms with E-state index in [0.717, 1.165) is 15.8 Å². The van der Waals surface area contributed by atoms with Gasteiger partial charge in [-0.2, -0.15) is 0 Å². The van der Waals surface area contributed by atoms with Crippen molar-refractivity contribution >= 4 is 33.2 Å². The Labute approximate surface area is 126 Å². The highest BCUT2D eigenvalue weighted by molar-refractivity contribution is 9.10. The summed E-state index contributed by atoms with van der Waals surface area (Å²) in [6.07, 6.45) is 0. The Morgan fingerprint density at radius 3 is 2.50 bits per heavy atom. The lowest BCUT2D eigenvalue weighted by Crippen LogP contribution is -2.14. The van der Waals surface area contributed by atoms with Crippen molar-refractivity contribution in [3.8, 4) is 5.75 Å². The average molecular weight is 335 g/mol. The summed E-state index contributed by atoms with van der Waals surface area (Å²) in [6, 6.07) is 10.7. The maximum Gasteiger partial charge on any atom is 0.256 e. The molecule has 1 amide bonds. The molecular weight excluding hydrogens is 320 g/mol. The maximum atomic E-state index is 12.3. The molecule has 0 heterocycles. The van der Waals surface area contributed by atoms with E-state index in [1.165, 1.54) is 0 Å². The first-order chi connectivity index (χ1) is 9.51.